The van der Waals surface area contributed by atoms with E-state index in [1.54, 1.807) is 0 Å². The Morgan fingerprint density at radius 1 is 1.24 bits per heavy atom. The molecule has 2 aromatic rings. The summed E-state index contributed by atoms with van der Waals surface area (Å²) in [4.78, 5) is 4.64. The number of hydrogen-bond acceptors (Lipinski definition) is 3. The van der Waals surface area contributed by atoms with Crippen LogP contribution in [-0.4, -0.2) is 22.5 Å². The van der Waals surface area contributed by atoms with Crippen molar-refractivity contribution < 1.29 is 4.74 Å². The predicted octanol–water partition coefficient (Wildman–Crippen LogP) is 3.49. The van der Waals surface area contributed by atoms with Gasteiger partial charge in [-0.1, -0.05) is 32.6 Å². The molecule has 4 heteroatoms. The Hall–Kier alpha value is -1.55. The molecule has 0 fully saturated rings. The second kappa shape index (κ2) is 8.03. The normalized spacial score (nSPS) is 11.2. The van der Waals surface area contributed by atoms with Crippen molar-refractivity contribution in [3.05, 3.63) is 29.7 Å². The Morgan fingerprint density at radius 3 is 2.81 bits per heavy atom. The maximum Gasteiger partial charge on any atom is 0.180 e. The first-order valence-electron chi connectivity index (χ1n) is 8.07. The molecule has 0 aromatic carbocycles. The van der Waals surface area contributed by atoms with Crippen molar-refractivity contribution in [1.29, 1.82) is 0 Å². The highest BCUT2D eigenvalue weighted by Gasteiger charge is 2.11. The second-order valence-corrected chi connectivity index (χ2v) is 5.51. The van der Waals surface area contributed by atoms with Crippen LogP contribution in [0, 0.1) is 6.92 Å². The molecule has 0 unspecified atom stereocenters. The van der Waals surface area contributed by atoms with E-state index >= 15 is 0 Å². The maximum absolute atomic E-state index is 5.93. The number of imidazole rings is 1. The standard InChI is InChI=1S/C17H27N3O/c1-3-4-5-6-7-13-21-16-9-8-12-20-15(10-11-18)14(2)19-17(16)20/h8-9,12H,3-7,10-11,13,18H2,1-2H3. The van der Waals surface area contributed by atoms with Gasteiger partial charge in [0.1, 0.15) is 0 Å². The third kappa shape index (κ3) is 3.97. The molecule has 0 radical (unpaired) electrons. The molecular weight excluding hydrogens is 262 g/mol. The van der Waals surface area contributed by atoms with Crippen LogP contribution in [0.3, 0.4) is 0 Å². The molecule has 116 valence electrons. The van der Waals surface area contributed by atoms with Crippen LogP contribution in [0.4, 0.5) is 0 Å². The van der Waals surface area contributed by atoms with Gasteiger partial charge in [0, 0.05) is 18.3 Å². The fraction of sp³-hybridized carbons (Fsp3) is 0.588. The van der Waals surface area contributed by atoms with Gasteiger partial charge in [0.2, 0.25) is 0 Å². The first-order chi connectivity index (χ1) is 10.3. The molecule has 0 bridgehead atoms. The van der Waals surface area contributed by atoms with Gasteiger partial charge < -0.3 is 14.9 Å². The zero-order valence-electron chi connectivity index (χ0n) is 13.3. The zero-order chi connectivity index (χ0) is 15.1. The van der Waals surface area contributed by atoms with Crippen molar-refractivity contribution >= 4 is 5.65 Å². The summed E-state index contributed by atoms with van der Waals surface area (Å²) in [5, 5.41) is 0. The van der Waals surface area contributed by atoms with Crippen LogP contribution in [0.5, 0.6) is 5.75 Å². The van der Waals surface area contributed by atoms with Crippen molar-refractivity contribution in [1.82, 2.24) is 9.38 Å². The number of nitrogens with zero attached hydrogens (tertiary/aromatic N) is 2. The molecule has 4 nitrogen and oxygen atoms in total. The van der Waals surface area contributed by atoms with E-state index in [1.807, 2.05) is 25.3 Å². The maximum atomic E-state index is 5.93. The van der Waals surface area contributed by atoms with E-state index in [4.69, 9.17) is 10.5 Å². The van der Waals surface area contributed by atoms with Crippen molar-refractivity contribution in [3.8, 4) is 5.75 Å². The largest absolute Gasteiger partial charge is 0.490 e. The van der Waals surface area contributed by atoms with E-state index in [2.05, 4.69) is 16.3 Å². The smallest absolute Gasteiger partial charge is 0.180 e. The van der Waals surface area contributed by atoms with Gasteiger partial charge in [-0.05, 0) is 32.0 Å². The van der Waals surface area contributed by atoms with Gasteiger partial charge in [0.15, 0.2) is 11.4 Å². The summed E-state index contributed by atoms with van der Waals surface area (Å²) in [6.07, 6.45) is 9.11. The highest BCUT2D eigenvalue weighted by molar-refractivity contribution is 5.56. The van der Waals surface area contributed by atoms with E-state index in [1.165, 1.54) is 31.4 Å². The monoisotopic (exact) mass is 289 g/mol. The minimum atomic E-state index is 0.636. The molecular formula is C17H27N3O. The van der Waals surface area contributed by atoms with Crippen LogP contribution in [0.2, 0.25) is 0 Å². The number of rotatable bonds is 9. The average molecular weight is 289 g/mol. The van der Waals surface area contributed by atoms with E-state index in [0.29, 0.717) is 6.54 Å². The quantitative estimate of drug-likeness (QED) is 0.719. The summed E-state index contributed by atoms with van der Waals surface area (Å²) >= 11 is 0. The number of pyridine rings is 1. The molecule has 2 aromatic heterocycles. The van der Waals surface area contributed by atoms with Crippen molar-refractivity contribution in [2.45, 2.75) is 52.4 Å². The molecule has 0 saturated carbocycles. The first-order valence-corrected chi connectivity index (χ1v) is 8.07. The SMILES string of the molecule is CCCCCCCOc1cccn2c(CCN)c(C)nc12. The summed E-state index contributed by atoms with van der Waals surface area (Å²) in [7, 11) is 0. The lowest BCUT2D eigenvalue weighted by molar-refractivity contribution is 0.306. The molecule has 0 aliphatic heterocycles. The van der Waals surface area contributed by atoms with Gasteiger partial charge in [-0.3, -0.25) is 0 Å². The summed E-state index contributed by atoms with van der Waals surface area (Å²) in [6, 6.07) is 4.01. The molecule has 0 aliphatic rings. The Balaban J connectivity index is 2.02. The number of fused-ring (bicyclic) bond motifs is 1. The van der Waals surface area contributed by atoms with E-state index in [0.717, 1.165) is 36.5 Å². The van der Waals surface area contributed by atoms with Gasteiger partial charge >= 0.3 is 0 Å². The van der Waals surface area contributed by atoms with Crippen molar-refractivity contribution in [2.75, 3.05) is 13.2 Å². The van der Waals surface area contributed by atoms with Crippen molar-refractivity contribution in [2.24, 2.45) is 5.73 Å². The fourth-order valence-electron chi connectivity index (χ4n) is 2.64. The summed E-state index contributed by atoms with van der Waals surface area (Å²) in [5.41, 5.74) is 8.82. The van der Waals surface area contributed by atoms with Gasteiger partial charge in [-0.2, -0.15) is 0 Å². The topological polar surface area (TPSA) is 52.5 Å². The molecule has 21 heavy (non-hydrogen) atoms. The van der Waals surface area contributed by atoms with Gasteiger partial charge in [0.05, 0.1) is 12.3 Å². The van der Waals surface area contributed by atoms with E-state index in [-0.39, 0.29) is 0 Å². The average Bonchev–Trinajstić information content (AvgIpc) is 2.80. The van der Waals surface area contributed by atoms with Crippen LogP contribution in [0.25, 0.3) is 5.65 Å². The van der Waals surface area contributed by atoms with Crippen LogP contribution < -0.4 is 10.5 Å². The molecule has 0 amide bonds. The first kappa shape index (κ1) is 15.8. The van der Waals surface area contributed by atoms with E-state index in [9.17, 15) is 0 Å². The van der Waals surface area contributed by atoms with Gasteiger partial charge in [-0.15, -0.1) is 0 Å². The third-order valence-corrected chi connectivity index (χ3v) is 3.80. The van der Waals surface area contributed by atoms with E-state index < -0.39 is 0 Å². The predicted molar refractivity (Wildman–Crippen MR) is 86.9 cm³/mol. The molecule has 0 saturated heterocycles. The number of aromatic nitrogens is 2. The zero-order valence-corrected chi connectivity index (χ0v) is 13.3. The molecule has 0 spiro atoms. The Kier molecular flexibility index (Phi) is 6.05. The van der Waals surface area contributed by atoms with Crippen LogP contribution >= 0.6 is 0 Å². The third-order valence-electron chi connectivity index (χ3n) is 3.80. The fourth-order valence-corrected chi connectivity index (χ4v) is 2.64. The summed E-state index contributed by atoms with van der Waals surface area (Å²) in [5.74, 6) is 0.874. The molecule has 2 N–H and O–H groups in total. The summed E-state index contributed by atoms with van der Waals surface area (Å²) in [6.45, 7) is 5.67. The second-order valence-electron chi connectivity index (χ2n) is 5.51. The number of hydrogen-bond donors (Lipinski definition) is 1. The van der Waals surface area contributed by atoms with Gasteiger partial charge in [-0.25, -0.2) is 4.98 Å². The number of aryl methyl sites for hydroxylation is 1. The van der Waals surface area contributed by atoms with Crippen molar-refractivity contribution in [3.63, 3.8) is 0 Å². The lowest BCUT2D eigenvalue weighted by Crippen LogP contribution is -2.06. The van der Waals surface area contributed by atoms with Crippen LogP contribution in [-0.2, 0) is 6.42 Å². The minimum Gasteiger partial charge on any atom is -0.490 e. The Bertz CT molecular complexity index is 562. The van der Waals surface area contributed by atoms with Crippen LogP contribution in [0.15, 0.2) is 18.3 Å². The lowest BCUT2D eigenvalue weighted by Gasteiger charge is -2.08. The molecule has 2 heterocycles. The van der Waals surface area contributed by atoms with Crippen LogP contribution in [0.1, 0.15) is 50.4 Å². The van der Waals surface area contributed by atoms with Gasteiger partial charge in [0.25, 0.3) is 0 Å². The minimum absolute atomic E-state index is 0.636. The number of nitrogens with two attached hydrogens (primary N) is 1. The highest BCUT2D eigenvalue weighted by atomic mass is 16.5. The number of unbranched alkanes of at least 4 members (excludes halogenated alkanes) is 4. The molecule has 2 rings (SSSR count). The Morgan fingerprint density at radius 2 is 2.05 bits per heavy atom. The molecule has 0 aliphatic carbocycles. The number of ether oxygens (including phenoxy) is 1. The molecule has 0 atom stereocenters. The highest BCUT2D eigenvalue weighted by Crippen LogP contribution is 2.22. The Labute approximate surface area is 127 Å². The lowest BCUT2D eigenvalue weighted by atomic mass is 10.2. The summed E-state index contributed by atoms with van der Waals surface area (Å²) < 4.78 is 8.04.